The fourth-order valence-electron chi connectivity index (χ4n) is 2.77. The summed E-state index contributed by atoms with van der Waals surface area (Å²) in [5, 5.41) is 3.16. The summed E-state index contributed by atoms with van der Waals surface area (Å²) < 4.78 is 26.7. The van der Waals surface area contributed by atoms with E-state index < -0.39 is 6.55 Å². The van der Waals surface area contributed by atoms with Crippen molar-refractivity contribution in [2.75, 3.05) is 13.6 Å². The van der Waals surface area contributed by atoms with Crippen LogP contribution in [0.2, 0.25) is 0 Å². The van der Waals surface area contributed by atoms with E-state index in [4.69, 9.17) is 0 Å². The van der Waals surface area contributed by atoms with E-state index in [9.17, 15) is 8.78 Å². The lowest BCUT2D eigenvalue weighted by atomic mass is 10.2. The summed E-state index contributed by atoms with van der Waals surface area (Å²) >= 11 is 0. The monoisotopic (exact) mass is 515 g/mol. The number of H-pyrrole nitrogens is 1. The normalized spacial score (nSPS) is 11.4. The average molecular weight is 515 g/mol. The maximum Gasteiger partial charge on any atom is 0.319 e. The van der Waals surface area contributed by atoms with Crippen LogP contribution < -0.4 is 5.32 Å². The van der Waals surface area contributed by atoms with Crippen molar-refractivity contribution in [1.82, 2.24) is 29.7 Å². The first kappa shape index (κ1) is 22.8. The van der Waals surface area contributed by atoms with Crippen LogP contribution in [0.15, 0.2) is 53.9 Å². The second-order valence-corrected chi connectivity index (χ2v) is 6.16. The Labute approximate surface area is 185 Å². The van der Waals surface area contributed by atoms with Crippen molar-refractivity contribution >= 4 is 29.9 Å². The van der Waals surface area contributed by atoms with Gasteiger partial charge in [-0.2, -0.15) is 8.78 Å². The molecular weight excluding hydrogens is 491 g/mol. The minimum atomic E-state index is -2.63. The smallest absolute Gasteiger partial charge is 0.319 e. The summed E-state index contributed by atoms with van der Waals surface area (Å²) in [6.45, 7) is 0.510. The van der Waals surface area contributed by atoms with Crippen LogP contribution in [0.5, 0.6) is 0 Å². The first-order chi connectivity index (χ1) is 13.6. The Balaban J connectivity index is 0.00000300. The van der Waals surface area contributed by atoms with Crippen molar-refractivity contribution in [3.05, 3.63) is 60.6 Å². The fraction of sp³-hybridized carbons (Fsp3) is 0.316. The molecule has 1 aromatic carbocycles. The van der Waals surface area contributed by atoms with Crippen LogP contribution >= 0.6 is 24.0 Å². The highest BCUT2D eigenvalue weighted by Gasteiger charge is 2.13. The first-order valence-electron chi connectivity index (χ1n) is 8.97. The number of hydrogen-bond donors (Lipinski definition) is 2. The van der Waals surface area contributed by atoms with E-state index in [1.165, 1.54) is 12.4 Å². The van der Waals surface area contributed by atoms with E-state index in [-0.39, 0.29) is 36.3 Å². The molecule has 156 valence electrons. The topological polar surface area (TPSA) is 74.1 Å². The Morgan fingerprint density at radius 3 is 2.72 bits per heavy atom. The number of aromatic amines is 1. The summed E-state index contributed by atoms with van der Waals surface area (Å²) in [5.41, 5.74) is 1.99. The Kier molecular flexibility index (Phi) is 8.55. The van der Waals surface area contributed by atoms with Crippen LogP contribution in [0.4, 0.5) is 8.78 Å². The largest absolute Gasteiger partial charge is 0.357 e. The van der Waals surface area contributed by atoms with Crippen LogP contribution in [-0.4, -0.2) is 44.0 Å². The predicted octanol–water partition coefficient (Wildman–Crippen LogP) is 3.88. The average Bonchev–Trinajstić information content (AvgIpc) is 3.35. The molecule has 2 heterocycles. The molecule has 2 N–H and O–H groups in total. The zero-order chi connectivity index (χ0) is 19.9. The van der Waals surface area contributed by atoms with Crippen molar-refractivity contribution in [2.24, 2.45) is 4.99 Å². The lowest BCUT2D eigenvalue weighted by Gasteiger charge is -2.21. The molecule has 0 unspecified atom stereocenters. The van der Waals surface area contributed by atoms with Gasteiger partial charge in [0.05, 0.1) is 18.4 Å². The zero-order valence-electron chi connectivity index (χ0n) is 16.2. The van der Waals surface area contributed by atoms with E-state index >= 15 is 0 Å². The number of hydrogen-bond acceptors (Lipinski definition) is 3. The van der Waals surface area contributed by atoms with Crippen molar-refractivity contribution in [2.45, 2.75) is 26.6 Å². The molecule has 0 spiro atoms. The number of alkyl halides is 2. The number of imidazole rings is 2. The van der Waals surface area contributed by atoms with E-state index in [1.54, 1.807) is 6.20 Å². The van der Waals surface area contributed by atoms with Gasteiger partial charge in [0, 0.05) is 26.0 Å². The van der Waals surface area contributed by atoms with E-state index in [0.717, 1.165) is 21.6 Å². The van der Waals surface area contributed by atoms with Crippen molar-refractivity contribution < 1.29 is 8.78 Å². The summed E-state index contributed by atoms with van der Waals surface area (Å²) in [5.74, 6) is 1.58. The summed E-state index contributed by atoms with van der Waals surface area (Å²) in [7, 11) is 1.87. The molecule has 0 saturated carbocycles. The zero-order valence-corrected chi connectivity index (χ0v) is 18.5. The molecule has 0 aliphatic rings. The van der Waals surface area contributed by atoms with Crippen LogP contribution in [0.1, 0.15) is 25.1 Å². The van der Waals surface area contributed by atoms with Crippen molar-refractivity contribution in [1.29, 1.82) is 0 Å². The van der Waals surface area contributed by atoms with Crippen LogP contribution in [-0.2, 0) is 13.1 Å². The number of nitrogens with zero attached hydrogens (tertiary/aromatic N) is 5. The molecule has 0 amide bonds. The lowest BCUT2D eigenvalue weighted by molar-refractivity contribution is 0.0671. The molecule has 7 nitrogen and oxygen atoms in total. The number of guanidine groups is 1. The molecule has 10 heteroatoms. The number of halogens is 3. The molecule has 0 saturated heterocycles. The Bertz CT molecular complexity index is 908. The van der Waals surface area contributed by atoms with E-state index in [1.807, 2.05) is 49.2 Å². The van der Waals surface area contributed by atoms with Crippen molar-refractivity contribution in [3.8, 4) is 11.3 Å². The minimum Gasteiger partial charge on any atom is -0.357 e. The highest BCUT2D eigenvalue weighted by molar-refractivity contribution is 14.0. The third kappa shape index (κ3) is 5.99. The number of nitrogens with one attached hydrogen (secondary N) is 2. The highest BCUT2D eigenvalue weighted by atomic mass is 127. The molecule has 3 aromatic rings. The third-order valence-electron chi connectivity index (χ3n) is 4.13. The molecule has 3 rings (SSSR count). The van der Waals surface area contributed by atoms with Gasteiger partial charge in [0.1, 0.15) is 18.2 Å². The van der Waals surface area contributed by atoms with Gasteiger partial charge in [-0.3, -0.25) is 4.57 Å². The van der Waals surface area contributed by atoms with Gasteiger partial charge in [-0.15, -0.1) is 24.0 Å². The number of rotatable bonds is 7. The molecule has 0 aliphatic heterocycles. The number of aliphatic imine (C=N–C) groups is 1. The van der Waals surface area contributed by atoms with E-state index in [2.05, 4.69) is 25.3 Å². The second kappa shape index (κ2) is 10.9. The minimum absolute atomic E-state index is 0. The van der Waals surface area contributed by atoms with Crippen LogP contribution in [0.3, 0.4) is 0 Å². The van der Waals surface area contributed by atoms with Crippen LogP contribution in [0.25, 0.3) is 11.3 Å². The maximum atomic E-state index is 13.0. The predicted molar refractivity (Wildman–Crippen MR) is 119 cm³/mol. The number of benzene rings is 1. The Morgan fingerprint density at radius 2 is 2.03 bits per heavy atom. The van der Waals surface area contributed by atoms with E-state index in [0.29, 0.717) is 19.0 Å². The third-order valence-corrected chi connectivity index (χ3v) is 4.13. The Morgan fingerprint density at radius 1 is 1.28 bits per heavy atom. The van der Waals surface area contributed by atoms with Gasteiger partial charge < -0.3 is 15.2 Å². The van der Waals surface area contributed by atoms with Crippen molar-refractivity contribution in [3.63, 3.8) is 0 Å². The molecule has 0 bridgehead atoms. The quantitative estimate of drug-likeness (QED) is 0.285. The summed E-state index contributed by atoms with van der Waals surface area (Å²) in [6, 6.07) is 9.94. The van der Waals surface area contributed by atoms with Gasteiger partial charge >= 0.3 is 6.55 Å². The SMILES string of the molecule is CCNC(=NCc1nccn1C(F)F)N(C)Cc1ncc(-c2ccccc2)[nH]1.I. The van der Waals surface area contributed by atoms with Crippen LogP contribution in [0, 0.1) is 0 Å². The molecule has 2 aromatic heterocycles. The summed E-state index contributed by atoms with van der Waals surface area (Å²) in [4.78, 5) is 18.0. The van der Waals surface area contributed by atoms with Gasteiger partial charge in [-0.1, -0.05) is 30.3 Å². The second-order valence-electron chi connectivity index (χ2n) is 6.16. The fourth-order valence-corrected chi connectivity index (χ4v) is 2.77. The molecular formula is C19H24F2IN7. The summed E-state index contributed by atoms with van der Waals surface area (Å²) in [6.07, 6.45) is 4.39. The lowest BCUT2D eigenvalue weighted by Crippen LogP contribution is -2.38. The number of aromatic nitrogens is 4. The molecule has 0 radical (unpaired) electrons. The van der Waals surface area contributed by atoms with Gasteiger partial charge in [0.25, 0.3) is 0 Å². The molecule has 0 aliphatic carbocycles. The maximum absolute atomic E-state index is 13.0. The Hall–Kier alpha value is -2.50. The van der Waals surface area contributed by atoms with Gasteiger partial charge in [-0.05, 0) is 12.5 Å². The van der Waals surface area contributed by atoms with Gasteiger partial charge in [-0.25, -0.2) is 15.0 Å². The van der Waals surface area contributed by atoms with Gasteiger partial charge in [0.15, 0.2) is 5.96 Å². The molecule has 0 fully saturated rings. The molecule has 29 heavy (non-hydrogen) atoms. The molecule has 0 atom stereocenters. The standard InChI is InChI=1S/C19H23F2N7.HI/c1-3-22-19(25-12-17-23-9-10-28(17)18(20)21)27(2)13-16-24-11-15(26-16)14-7-5-4-6-8-14;/h4-11,18H,3,12-13H2,1-2H3,(H,22,25)(H,24,26);1H. The van der Waals surface area contributed by atoms with Gasteiger partial charge in [0.2, 0.25) is 0 Å². The highest BCUT2D eigenvalue weighted by Crippen LogP contribution is 2.17. The first-order valence-corrected chi connectivity index (χ1v) is 8.97.